The van der Waals surface area contributed by atoms with E-state index in [0.29, 0.717) is 5.69 Å². The van der Waals surface area contributed by atoms with Gasteiger partial charge in [0.1, 0.15) is 0 Å². The van der Waals surface area contributed by atoms with Gasteiger partial charge < -0.3 is 9.64 Å². The zero-order valence-electron chi connectivity index (χ0n) is 12.5. The van der Waals surface area contributed by atoms with E-state index in [-0.39, 0.29) is 37.8 Å². The predicted molar refractivity (Wildman–Crippen MR) is 81.8 cm³/mol. The molecule has 1 aromatic heterocycles. The Bertz CT molecular complexity index is 686. The normalized spacial score (nSPS) is 9.91. The van der Waals surface area contributed by atoms with Crippen molar-refractivity contribution in [2.75, 3.05) is 13.2 Å². The standard InChI is InChI=1S/C17H16FN3O2/c18-15-7-1-2-8-16(15)23-13-17(22)21(11-5-9-19)12-14-6-3-4-10-20-14/h1-4,6-8,10H,5,11-13H2. The molecule has 0 N–H and O–H groups in total. The minimum Gasteiger partial charge on any atom is -0.481 e. The summed E-state index contributed by atoms with van der Waals surface area (Å²) in [5, 5.41) is 8.72. The Kier molecular flexibility index (Phi) is 6.07. The topological polar surface area (TPSA) is 66.2 Å². The quantitative estimate of drug-likeness (QED) is 0.788. The summed E-state index contributed by atoms with van der Waals surface area (Å²) in [6.07, 6.45) is 1.84. The van der Waals surface area contributed by atoms with Gasteiger partial charge >= 0.3 is 0 Å². The number of nitriles is 1. The third kappa shape index (κ3) is 5.08. The fourth-order valence-electron chi connectivity index (χ4n) is 1.96. The molecule has 0 unspecified atom stereocenters. The zero-order chi connectivity index (χ0) is 16.5. The fourth-order valence-corrected chi connectivity index (χ4v) is 1.96. The van der Waals surface area contributed by atoms with Crippen LogP contribution in [0.5, 0.6) is 5.75 Å². The summed E-state index contributed by atoms with van der Waals surface area (Å²) in [6.45, 7) is 0.258. The van der Waals surface area contributed by atoms with Crippen molar-refractivity contribution in [3.8, 4) is 11.8 Å². The van der Waals surface area contributed by atoms with Gasteiger partial charge in [0.2, 0.25) is 0 Å². The average Bonchev–Trinajstić information content (AvgIpc) is 2.58. The summed E-state index contributed by atoms with van der Waals surface area (Å²) in [5.74, 6) is -0.818. The molecule has 0 saturated heterocycles. The van der Waals surface area contributed by atoms with Gasteiger partial charge in [0.05, 0.1) is 24.7 Å². The Morgan fingerprint density at radius 3 is 2.74 bits per heavy atom. The van der Waals surface area contributed by atoms with Gasteiger partial charge in [0.25, 0.3) is 5.91 Å². The van der Waals surface area contributed by atoms with Crippen LogP contribution in [0.4, 0.5) is 4.39 Å². The molecule has 0 fully saturated rings. The molecule has 0 atom stereocenters. The van der Waals surface area contributed by atoms with E-state index >= 15 is 0 Å². The van der Waals surface area contributed by atoms with E-state index in [1.54, 1.807) is 30.5 Å². The zero-order valence-corrected chi connectivity index (χ0v) is 12.5. The number of pyridine rings is 1. The highest BCUT2D eigenvalue weighted by Crippen LogP contribution is 2.15. The van der Waals surface area contributed by atoms with Crippen LogP contribution in [0.3, 0.4) is 0 Å². The predicted octanol–water partition coefficient (Wildman–Crippen LogP) is 2.54. The van der Waals surface area contributed by atoms with E-state index < -0.39 is 5.82 Å². The highest BCUT2D eigenvalue weighted by atomic mass is 19.1. The van der Waals surface area contributed by atoms with Gasteiger partial charge in [-0.1, -0.05) is 18.2 Å². The molecule has 0 bridgehead atoms. The highest BCUT2D eigenvalue weighted by molar-refractivity contribution is 5.77. The number of para-hydroxylation sites is 1. The van der Waals surface area contributed by atoms with Gasteiger partial charge in [-0.25, -0.2) is 4.39 Å². The number of nitrogens with zero attached hydrogens (tertiary/aromatic N) is 3. The Labute approximate surface area is 133 Å². The first-order valence-electron chi connectivity index (χ1n) is 7.12. The Hall–Kier alpha value is -2.94. The van der Waals surface area contributed by atoms with E-state index in [1.807, 2.05) is 12.1 Å². The van der Waals surface area contributed by atoms with Gasteiger partial charge in [-0.05, 0) is 24.3 Å². The lowest BCUT2D eigenvalue weighted by Crippen LogP contribution is -2.35. The molecule has 0 aliphatic heterocycles. The molecule has 0 aliphatic carbocycles. The summed E-state index contributed by atoms with van der Waals surface area (Å²) in [7, 11) is 0. The van der Waals surface area contributed by atoms with Gasteiger partial charge in [-0.3, -0.25) is 9.78 Å². The van der Waals surface area contributed by atoms with Crippen molar-refractivity contribution >= 4 is 5.91 Å². The maximum atomic E-state index is 13.5. The van der Waals surface area contributed by atoms with E-state index in [9.17, 15) is 9.18 Å². The number of carbonyl (C=O) groups is 1. The average molecular weight is 313 g/mol. The molecule has 0 radical (unpaired) electrons. The summed E-state index contributed by atoms with van der Waals surface area (Å²) in [4.78, 5) is 17.9. The Morgan fingerprint density at radius 1 is 1.26 bits per heavy atom. The first-order chi connectivity index (χ1) is 11.2. The molecular formula is C17H16FN3O2. The maximum Gasteiger partial charge on any atom is 0.260 e. The van der Waals surface area contributed by atoms with Crippen molar-refractivity contribution in [1.29, 1.82) is 5.26 Å². The number of hydrogen-bond acceptors (Lipinski definition) is 4. The molecule has 5 nitrogen and oxygen atoms in total. The molecule has 1 amide bonds. The monoisotopic (exact) mass is 313 g/mol. The van der Waals surface area contributed by atoms with E-state index in [1.165, 1.54) is 17.0 Å². The maximum absolute atomic E-state index is 13.5. The van der Waals surface area contributed by atoms with Gasteiger partial charge in [0, 0.05) is 12.7 Å². The summed E-state index contributed by atoms with van der Waals surface area (Å²) >= 11 is 0. The Morgan fingerprint density at radius 2 is 2.04 bits per heavy atom. The molecule has 2 rings (SSSR count). The molecule has 0 saturated carbocycles. The second kappa shape index (κ2) is 8.49. The number of aromatic nitrogens is 1. The smallest absolute Gasteiger partial charge is 0.260 e. The molecule has 6 heteroatoms. The number of halogens is 1. The first-order valence-corrected chi connectivity index (χ1v) is 7.12. The lowest BCUT2D eigenvalue weighted by Gasteiger charge is -2.21. The molecule has 2 aromatic rings. The molecule has 1 aromatic carbocycles. The van der Waals surface area contributed by atoms with Crippen LogP contribution in [0.1, 0.15) is 12.1 Å². The van der Waals surface area contributed by atoms with Crippen LogP contribution in [-0.2, 0) is 11.3 Å². The lowest BCUT2D eigenvalue weighted by atomic mass is 10.3. The third-order valence-electron chi connectivity index (χ3n) is 3.11. The number of rotatable bonds is 7. The summed E-state index contributed by atoms with van der Waals surface area (Å²) in [6, 6.07) is 13.3. The van der Waals surface area contributed by atoms with E-state index in [4.69, 9.17) is 10.00 Å². The second-order valence-corrected chi connectivity index (χ2v) is 4.76. The summed E-state index contributed by atoms with van der Waals surface area (Å²) in [5.41, 5.74) is 0.713. The van der Waals surface area contributed by atoms with Crippen LogP contribution < -0.4 is 4.74 Å². The van der Waals surface area contributed by atoms with Gasteiger partial charge in [0.15, 0.2) is 18.2 Å². The number of benzene rings is 1. The van der Waals surface area contributed by atoms with Crippen molar-refractivity contribution in [2.24, 2.45) is 0 Å². The molecule has 0 aliphatic rings. The Balaban J connectivity index is 1.99. The van der Waals surface area contributed by atoms with E-state index in [0.717, 1.165) is 0 Å². The molecule has 1 heterocycles. The van der Waals surface area contributed by atoms with E-state index in [2.05, 4.69) is 4.98 Å². The number of ether oxygens (including phenoxy) is 1. The van der Waals surface area contributed by atoms with Crippen molar-refractivity contribution < 1.29 is 13.9 Å². The van der Waals surface area contributed by atoms with Gasteiger partial charge in [-0.15, -0.1) is 0 Å². The largest absolute Gasteiger partial charge is 0.481 e. The lowest BCUT2D eigenvalue weighted by molar-refractivity contribution is -0.134. The van der Waals surface area contributed by atoms with Crippen molar-refractivity contribution in [3.05, 3.63) is 60.2 Å². The molecular weight excluding hydrogens is 297 g/mol. The fraction of sp³-hybridized carbons (Fsp3) is 0.235. The van der Waals surface area contributed by atoms with Crippen LogP contribution in [-0.4, -0.2) is 28.9 Å². The minimum absolute atomic E-state index is 0.0268. The van der Waals surface area contributed by atoms with Crippen LogP contribution in [0, 0.1) is 17.1 Å². The highest BCUT2D eigenvalue weighted by Gasteiger charge is 2.16. The van der Waals surface area contributed by atoms with Crippen molar-refractivity contribution in [1.82, 2.24) is 9.88 Å². The SMILES string of the molecule is N#CCCN(Cc1ccccn1)C(=O)COc1ccccc1F. The molecule has 23 heavy (non-hydrogen) atoms. The van der Waals surface area contributed by atoms with Crippen LogP contribution in [0.2, 0.25) is 0 Å². The number of hydrogen-bond donors (Lipinski definition) is 0. The molecule has 0 spiro atoms. The van der Waals surface area contributed by atoms with Crippen LogP contribution in [0.25, 0.3) is 0 Å². The van der Waals surface area contributed by atoms with Gasteiger partial charge in [-0.2, -0.15) is 5.26 Å². The minimum atomic E-state index is -0.520. The second-order valence-electron chi connectivity index (χ2n) is 4.76. The van der Waals surface area contributed by atoms with Crippen molar-refractivity contribution in [2.45, 2.75) is 13.0 Å². The van der Waals surface area contributed by atoms with Crippen molar-refractivity contribution in [3.63, 3.8) is 0 Å². The third-order valence-corrected chi connectivity index (χ3v) is 3.11. The van der Waals surface area contributed by atoms with Crippen LogP contribution >= 0.6 is 0 Å². The number of amides is 1. The number of carbonyl (C=O) groups excluding carboxylic acids is 1. The summed E-state index contributed by atoms with van der Waals surface area (Å²) < 4.78 is 18.7. The first kappa shape index (κ1) is 16.4. The molecule has 118 valence electrons. The van der Waals surface area contributed by atoms with Crippen LogP contribution in [0.15, 0.2) is 48.7 Å².